The first-order chi connectivity index (χ1) is 22.7. The first kappa shape index (κ1) is 37.2. The van der Waals surface area contributed by atoms with Crippen LogP contribution in [0.25, 0.3) is 11.1 Å². The van der Waals surface area contributed by atoms with Crippen LogP contribution in [0.15, 0.2) is 48.5 Å². The molecule has 0 fully saturated rings. The van der Waals surface area contributed by atoms with Gasteiger partial charge in [0.2, 0.25) is 23.6 Å². The first-order valence-electron chi connectivity index (χ1n) is 16.7. The molecule has 0 saturated carbocycles. The van der Waals surface area contributed by atoms with E-state index in [1.54, 1.807) is 23.1 Å². The molecule has 1 heterocycles. The van der Waals surface area contributed by atoms with Crippen molar-refractivity contribution in [3.8, 4) is 11.1 Å². The Hall–Kier alpha value is -4.29. The Bertz CT molecular complexity index is 1370. The third kappa shape index (κ3) is 11.8. The van der Waals surface area contributed by atoms with Gasteiger partial charge in [-0.2, -0.15) is 0 Å². The highest BCUT2D eigenvalue weighted by Crippen LogP contribution is 2.24. The lowest BCUT2D eigenvalue weighted by atomic mass is 10.00. The van der Waals surface area contributed by atoms with Crippen LogP contribution in [-0.4, -0.2) is 108 Å². The molecule has 1 aliphatic rings. The van der Waals surface area contributed by atoms with Crippen molar-refractivity contribution in [3.63, 3.8) is 0 Å². The third-order valence-electron chi connectivity index (χ3n) is 8.21. The molecule has 0 aromatic heterocycles. The fourth-order valence-corrected chi connectivity index (χ4v) is 5.58. The number of primary amides is 1. The number of hydrogen-bond donors (Lipinski definition) is 3. The number of amides is 5. The average Bonchev–Trinajstić information content (AvgIpc) is 3.06. The minimum absolute atomic E-state index is 0.0912. The molecule has 0 atom stereocenters. The van der Waals surface area contributed by atoms with Crippen molar-refractivity contribution in [2.75, 3.05) is 58.9 Å². The second kappa shape index (κ2) is 19.4. The molecule has 2 aromatic rings. The van der Waals surface area contributed by atoms with E-state index >= 15 is 0 Å². The number of hydrogen-bond acceptors (Lipinski definition) is 7. The summed E-state index contributed by atoms with van der Waals surface area (Å²) in [5.74, 6) is -2.14. The zero-order valence-electron chi connectivity index (χ0n) is 27.7. The van der Waals surface area contributed by atoms with Crippen molar-refractivity contribution >= 4 is 29.5 Å². The van der Waals surface area contributed by atoms with Crippen molar-refractivity contribution < 1.29 is 24.0 Å². The molecule has 2 aromatic carbocycles. The number of benzene rings is 2. The zero-order valence-corrected chi connectivity index (χ0v) is 27.7. The topological polar surface area (TPSA) is 176 Å². The second-order valence-corrected chi connectivity index (χ2v) is 12.1. The Balaban J connectivity index is 2.10. The van der Waals surface area contributed by atoms with E-state index in [0.717, 1.165) is 36.0 Å². The Kier molecular flexibility index (Phi) is 15.3. The van der Waals surface area contributed by atoms with Crippen molar-refractivity contribution in [2.24, 2.45) is 17.2 Å². The molecule has 12 heteroatoms. The van der Waals surface area contributed by atoms with Crippen LogP contribution in [0.2, 0.25) is 0 Å². The monoisotopic (exact) mass is 649 g/mol. The van der Waals surface area contributed by atoms with Gasteiger partial charge in [0.25, 0.3) is 5.91 Å². The molecular weight excluding hydrogens is 598 g/mol. The normalized spacial score (nSPS) is 15.2. The fraction of sp³-hybridized carbons (Fsp3) is 0.514. The van der Waals surface area contributed by atoms with Gasteiger partial charge in [0.15, 0.2) is 0 Å². The number of fused-ring (bicyclic) bond motifs is 5. The number of carbonyl (C=O) groups excluding carboxylic acids is 5. The second-order valence-electron chi connectivity index (χ2n) is 12.1. The largest absolute Gasteiger partial charge is 0.368 e. The minimum atomic E-state index is -0.677. The van der Waals surface area contributed by atoms with E-state index in [1.807, 2.05) is 30.3 Å². The van der Waals surface area contributed by atoms with E-state index < -0.39 is 17.7 Å². The van der Waals surface area contributed by atoms with Gasteiger partial charge in [-0.25, -0.2) is 0 Å². The van der Waals surface area contributed by atoms with Gasteiger partial charge in [-0.15, -0.1) is 0 Å². The van der Waals surface area contributed by atoms with Crippen LogP contribution in [0.1, 0.15) is 67.8 Å². The molecule has 5 amide bonds. The maximum atomic E-state index is 13.9. The Morgan fingerprint density at radius 2 is 1.11 bits per heavy atom. The first-order valence-corrected chi connectivity index (χ1v) is 16.7. The molecule has 0 spiro atoms. The van der Waals surface area contributed by atoms with Gasteiger partial charge in [0.1, 0.15) is 6.54 Å². The van der Waals surface area contributed by atoms with Gasteiger partial charge in [-0.05, 0) is 80.1 Å². The van der Waals surface area contributed by atoms with Gasteiger partial charge in [0, 0.05) is 31.7 Å². The van der Waals surface area contributed by atoms with E-state index in [9.17, 15) is 24.0 Å². The van der Waals surface area contributed by atoms with E-state index in [4.69, 9.17) is 17.2 Å². The smallest absolute Gasteiger partial charge is 0.254 e. The van der Waals surface area contributed by atoms with Gasteiger partial charge in [-0.1, -0.05) is 50.1 Å². The van der Waals surface area contributed by atoms with Gasteiger partial charge < -0.3 is 36.8 Å². The maximum absolute atomic E-state index is 13.9. The molecule has 1 aliphatic heterocycles. The van der Waals surface area contributed by atoms with E-state index in [2.05, 4.69) is 6.92 Å². The molecular formula is C35H51N7O5. The van der Waals surface area contributed by atoms with Crippen molar-refractivity contribution in [2.45, 2.75) is 58.4 Å². The summed E-state index contributed by atoms with van der Waals surface area (Å²) >= 11 is 0. The lowest BCUT2D eigenvalue weighted by molar-refractivity contribution is -0.145. The number of carbonyl (C=O) groups is 5. The van der Waals surface area contributed by atoms with Crippen LogP contribution < -0.4 is 17.2 Å². The molecule has 0 saturated heterocycles. The lowest BCUT2D eigenvalue weighted by Gasteiger charge is -2.31. The molecule has 6 N–H and O–H groups in total. The predicted molar refractivity (Wildman–Crippen MR) is 182 cm³/mol. The van der Waals surface area contributed by atoms with Gasteiger partial charge in [0.05, 0.1) is 19.6 Å². The fourth-order valence-electron chi connectivity index (χ4n) is 5.58. The summed E-state index contributed by atoms with van der Waals surface area (Å²) in [5.41, 5.74) is 19.8. The summed E-state index contributed by atoms with van der Waals surface area (Å²) in [7, 11) is 0. The lowest BCUT2D eigenvalue weighted by Crippen LogP contribution is -2.50. The van der Waals surface area contributed by atoms with Crippen molar-refractivity contribution in [3.05, 3.63) is 59.7 Å². The molecule has 4 bridgehead atoms. The summed E-state index contributed by atoms with van der Waals surface area (Å²) in [5, 5.41) is 0. The van der Waals surface area contributed by atoms with Gasteiger partial charge >= 0.3 is 0 Å². The number of unbranched alkanes of at least 4 members (excludes halogenated alkanes) is 4. The highest BCUT2D eigenvalue weighted by molar-refractivity contribution is 5.98. The molecule has 256 valence electrons. The van der Waals surface area contributed by atoms with Crippen LogP contribution in [0.4, 0.5) is 0 Å². The van der Waals surface area contributed by atoms with E-state index in [-0.39, 0.29) is 57.6 Å². The minimum Gasteiger partial charge on any atom is -0.368 e. The van der Waals surface area contributed by atoms with Gasteiger partial charge in [-0.3, -0.25) is 24.0 Å². The van der Waals surface area contributed by atoms with Crippen molar-refractivity contribution in [1.29, 1.82) is 0 Å². The summed E-state index contributed by atoms with van der Waals surface area (Å²) in [6.45, 7) is 2.90. The average molecular weight is 650 g/mol. The number of rotatable bonds is 14. The Morgan fingerprint density at radius 1 is 0.617 bits per heavy atom. The van der Waals surface area contributed by atoms with Crippen LogP contribution in [-0.2, 0) is 25.7 Å². The molecule has 0 aliphatic carbocycles. The molecule has 47 heavy (non-hydrogen) atoms. The summed E-state index contributed by atoms with van der Waals surface area (Å²) in [4.78, 5) is 73.1. The van der Waals surface area contributed by atoms with Crippen LogP contribution in [0.3, 0.4) is 0 Å². The Morgan fingerprint density at radius 3 is 1.68 bits per heavy atom. The molecule has 12 nitrogen and oxygen atoms in total. The third-order valence-corrected chi connectivity index (χ3v) is 8.21. The predicted octanol–water partition coefficient (Wildman–Crippen LogP) is 1.95. The summed E-state index contributed by atoms with van der Waals surface area (Å²) in [6.07, 6.45) is 5.04. The molecule has 3 rings (SSSR count). The van der Waals surface area contributed by atoms with Crippen LogP contribution in [0, 0.1) is 0 Å². The SMILES string of the molecule is CCCCCN1CC(=O)N(CCCCN)CC(=O)N(CCCCN)CC(=O)N(CC(N)=O)Cc2cccc(c2)-c2cccc(c2)C1=O. The number of nitrogens with zero attached hydrogens (tertiary/aromatic N) is 4. The highest BCUT2D eigenvalue weighted by atomic mass is 16.2. The van der Waals surface area contributed by atoms with E-state index in [1.165, 1.54) is 14.7 Å². The van der Waals surface area contributed by atoms with Crippen LogP contribution >= 0.6 is 0 Å². The quantitative estimate of drug-likeness (QED) is 0.262. The van der Waals surface area contributed by atoms with E-state index in [0.29, 0.717) is 50.9 Å². The highest BCUT2D eigenvalue weighted by Gasteiger charge is 2.28. The standard InChI is InChI=1S/C35H51N7O5/c1-2-3-6-19-41-26-33(45)39(17-7-4-15-36)24-32(44)40(18-8-5-16-37)25-34(46)42(23-31(38)43)22-27-11-9-12-28(20-27)29-13-10-14-30(21-29)35(41)47/h9-14,20-21H,2-8,15-19,22-26,36-37H2,1H3,(H2,38,43). The zero-order chi connectivity index (χ0) is 34.2. The summed E-state index contributed by atoms with van der Waals surface area (Å²) in [6, 6.07) is 14.8. The maximum Gasteiger partial charge on any atom is 0.254 e. The molecule has 0 unspecified atom stereocenters. The number of nitrogens with two attached hydrogens (primary N) is 3. The van der Waals surface area contributed by atoms with Crippen molar-refractivity contribution in [1.82, 2.24) is 19.6 Å². The molecule has 0 radical (unpaired) electrons. The van der Waals surface area contributed by atoms with Crippen LogP contribution in [0.5, 0.6) is 0 Å². The Labute approximate surface area is 278 Å². The summed E-state index contributed by atoms with van der Waals surface area (Å²) < 4.78 is 0.